The topological polar surface area (TPSA) is 65.1 Å². The van der Waals surface area contributed by atoms with Crippen molar-refractivity contribution in [3.63, 3.8) is 0 Å². The first-order valence-corrected chi connectivity index (χ1v) is 6.20. The lowest BCUT2D eigenvalue weighted by atomic mass is 10.1. The van der Waals surface area contributed by atoms with Crippen molar-refractivity contribution in [1.29, 1.82) is 0 Å². The van der Waals surface area contributed by atoms with Crippen LogP contribution in [0.4, 0.5) is 0 Å². The van der Waals surface area contributed by atoms with E-state index in [4.69, 9.17) is 9.47 Å². The van der Waals surface area contributed by atoms with Crippen molar-refractivity contribution < 1.29 is 23.8 Å². The Morgan fingerprint density at radius 3 is 2.67 bits per heavy atom. The minimum Gasteiger partial charge on any atom is -0.469 e. The molecule has 2 saturated heterocycles. The molecule has 1 atom stereocenters. The van der Waals surface area contributed by atoms with Crippen molar-refractivity contribution >= 4 is 11.9 Å². The molecule has 2 fully saturated rings. The highest BCUT2D eigenvalue weighted by Gasteiger charge is 2.44. The number of hydrogen-bond donors (Lipinski definition) is 0. The molecular formula is C12H19NO5. The molecule has 2 aliphatic rings. The fraction of sp³-hybridized carbons (Fsp3) is 0.833. The van der Waals surface area contributed by atoms with E-state index in [1.54, 1.807) is 11.8 Å². The molecule has 0 aromatic carbocycles. The summed E-state index contributed by atoms with van der Waals surface area (Å²) in [6, 6.07) is 0. The van der Waals surface area contributed by atoms with Crippen LogP contribution in [-0.2, 0) is 23.8 Å². The monoisotopic (exact) mass is 257 g/mol. The van der Waals surface area contributed by atoms with Gasteiger partial charge in [-0.2, -0.15) is 0 Å². The molecule has 0 aromatic heterocycles. The molecule has 6 heteroatoms. The zero-order valence-corrected chi connectivity index (χ0v) is 10.8. The van der Waals surface area contributed by atoms with Gasteiger partial charge >= 0.3 is 5.97 Å². The van der Waals surface area contributed by atoms with Crippen LogP contribution in [-0.4, -0.2) is 56.0 Å². The molecule has 2 rings (SSSR count). The third-order valence-electron chi connectivity index (χ3n) is 3.45. The average Bonchev–Trinajstić information content (AvgIpc) is 2.99. The SMILES string of the molecule is COC(=O)C(C)CC(=O)N1CCC2(C1)OCCO2. The lowest BCUT2D eigenvalue weighted by Gasteiger charge is -2.22. The van der Waals surface area contributed by atoms with Gasteiger partial charge in [-0.3, -0.25) is 9.59 Å². The van der Waals surface area contributed by atoms with Crippen LogP contribution >= 0.6 is 0 Å². The number of esters is 1. The first-order valence-electron chi connectivity index (χ1n) is 6.20. The Hall–Kier alpha value is -1.14. The minimum atomic E-state index is -0.593. The smallest absolute Gasteiger partial charge is 0.308 e. The molecule has 18 heavy (non-hydrogen) atoms. The van der Waals surface area contributed by atoms with Crippen molar-refractivity contribution in [3.05, 3.63) is 0 Å². The number of rotatable bonds is 3. The molecule has 0 bridgehead atoms. The van der Waals surface area contributed by atoms with E-state index in [0.29, 0.717) is 32.7 Å². The average molecular weight is 257 g/mol. The normalized spacial score (nSPS) is 23.3. The summed E-state index contributed by atoms with van der Waals surface area (Å²) in [5, 5.41) is 0. The van der Waals surface area contributed by atoms with Gasteiger partial charge in [-0.05, 0) is 0 Å². The van der Waals surface area contributed by atoms with Gasteiger partial charge in [-0.15, -0.1) is 0 Å². The standard InChI is InChI=1S/C12H19NO5/c1-9(11(15)16-2)7-10(14)13-4-3-12(8-13)17-5-6-18-12/h9H,3-8H2,1-2H3. The van der Waals surface area contributed by atoms with E-state index in [-0.39, 0.29) is 18.3 Å². The van der Waals surface area contributed by atoms with Crippen molar-refractivity contribution in [1.82, 2.24) is 4.90 Å². The van der Waals surface area contributed by atoms with Gasteiger partial charge in [-0.1, -0.05) is 6.92 Å². The van der Waals surface area contributed by atoms with Crippen molar-refractivity contribution in [2.24, 2.45) is 5.92 Å². The predicted molar refractivity (Wildman–Crippen MR) is 61.6 cm³/mol. The summed E-state index contributed by atoms with van der Waals surface area (Å²) in [7, 11) is 1.33. The van der Waals surface area contributed by atoms with E-state index in [1.807, 2.05) is 0 Å². The van der Waals surface area contributed by atoms with Gasteiger partial charge in [-0.25, -0.2) is 0 Å². The first-order chi connectivity index (χ1) is 8.56. The van der Waals surface area contributed by atoms with Crippen LogP contribution in [0, 0.1) is 5.92 Å². The third kappa shape index (κ3) is 2.64. The molecule has 1 unspecified atom stereocenters. The molecule has 0 N–H and O–H groups in total. The predicted octanol–water partition coefficient (Wildman–Crippen LogP) is 0.161. The zero-order valence-electron chi connectivity index (χ0n) is 10.8. The van der Waals surface area contributed by atoms with Crippen LogP contribution in [0.1, 0.15) is 19.8 Å². The molecule has 2 aliphatic heterocycles. The van der Waals surface area contributed by atoms with Crippen LogP contribution in [0.5, 0.6) is 0 Å². The number of hydrogen-bond acceptors (Lipinski definition) is 5. The summed E-state index contributed by atoms with van der Waals surface area (Å²) in [5.41, 5.74) is 0. The highest BCUT2D eigenvalue weighted by Crippen LogP contribution is 2.30. The number of methoxy groups -OCH3 is 1. The van der Waals surface area contributed by atoms with Crippen LogP contribution in [0.15, 0.2) is 0 Å². The number of carbonyl (C=O) groups excluding carboxylic acids is 2. The molecule has 0 aromatic rings. The Morgan fingerprint density at radius 1 is 1.39 bits per heavy atom. The highest BCUT2D eigenvalue weighted by molar-refractivity contribution is 5.83. The van der Waals surface area contributed by atoms with Crippen molar-refractivity contribution in [3.8, 4) is 0 Å². The van der Waals surface area contributed by atoms with E-state index in [0.717, 1.165) is 0 Å². The summed E-state index contributed by atoms with van der Waals surface area (Å²) in [6.07, 6.45) is 0.869. The van der Waals surface area contributed by atoms with Crippen LogP contribution in [0.3, 0.4) is 0 Å². The van der Waals surface area contributed by atoms with Gasteiger partial charge in [0, 0.05) is 19.4 Å². The second kappa shape index (κ2) is 5.24. The molecule has 0 radical (unpaired) electrons. The van der Waals surface area contributed by atoms with E-state index in [1.165, 1.54) is 7.11 Å². The van der Waals surface area contributed by atoms with Gasteiger partial charge in [0.15, 0.2) is 5.79 Å². The first kappa shape index (κ1) is 13.3. The van der Waals surface area contributed by atoms with E-state index < -0.39 is 11.7 Å². The second-order valence-corrected chi connectivity index (χ2v) is 4.80. The molecule has 6 nitrogen and oxygen atoms in total. The lowest BCUT2D eigenvalue weighted by molar-refractivity contribution is -0.154. The number of amides is 1. The molecule has 1 spiro atoms. The number of carbonyl (C=O) groups is 2. The maximum absolute atomic E-state index is 12.0. The lowest BCUT2D eigenvalue weighted by Crippen LogP contribution is -2.37. The van der Waals surface area contributed by atoms with E-state index >= 15 is 0 Å². The van der Waals surface area contributed by atoms with Crippen molar-refractivity contribution in [2.75, 3.05) is 33.4 Å². The molecule has 2 heterocycles. The Labute approximate surface area is 106 Å². The minimum absolute atomic E-state index is 0.0520. The largest absolute Gasteiger partial charge is 0.469 e. The summed E-state index contributed by atoms with van der Waals surface area (Å²) >= 11 is 0. The maximum Gasteiger partial charge on any atom is 0.308 e. The Morgan fingerprint density at radius 2 is 2.06 bits per heavy atom. The Kier molecular flexibility index (Phi) is 3.87. The van der Waals surface area contributed by atoms with Crippen molar-refractivity contribution in [2.45, 2.75) is 25.6 Å². The van der Waals surface area contributed by atoms with Gasteiger partial charge in [0.2, 0.25) is 5.91 Å². The number of ether oxygens (including phenoxy) is 3. The zero-order chi connectivity index (χ0) is 13.2. The van der Waals surface area contributed by atoms with Crippen LogP contribution < -0.4 is 0 Å². The van der Waals surface area contributed by atoms with E-state index in [2.05, 4.69) is 4.74 Å². The summed E-state index contributed by atoms with van der Waals surface area (Å²) in [6.45, 7) is 3.94. The molecule has 1 amide bonds. The fourth-order valence-electron chi connectivity index (χ4n) is 2.38. The van der Waals surface area contributed by atoms with Crippen LogP contribution in [0.2, 0.25) is 0 Å². The van der Waals surface area contributed by atoms with E-state index in [9.17, 15) is 9.59 Å². The van der Waals surface area contributed by atoms with Crippen LogP contribution in [0.25, 0.3) is 0 Å². The second-order valence-electron chi connectivity index (χ2n) is 4.80. The van der Waals surface area contributed by atoms with Gasteiger partial charge in [0.25, 0.3) is 0 Å². The van der Waals surface area contributed by atoms with Gasteiger partial charge in [0.05, 0.1) is 32.8 Å². The molecule has 0 aliphatic carbocycles. The summed E-state index contributed by atoms with van der Waals surface area (Å²) < 4.78 is 15.7. The molecule has 102 valence electrons. The highest BCUT2D eigenvalue weighted by atomic mass is 16.7. The maximum atomic E-state index is 12.0. The molecular weight excluding hydrogens is 238 g/mol. The Bertz CT molecular complexity index is 337. The third-order valence-corrected chi connectivity index (χ3v) is 3.45. The van der Waals surface area contributed by atoms with Gasteiger partial charge < -0.3 is 19.1 Å². The fourth-order valence-corrected chi connectivity index (χ4v) is 2.38. The summed E-state index contributed by atoms with van der Waals surface area (Å²) in [5.74, 6) is -1.41. The number of likely N-dealkylation sites (tertiary alicyclic amines) is 1. The molecule has 0 saturated carbocycles. The number of nitrogens with zero attached hydrogens (tertiary/aromatic N) is 1. The Balaban J connectivity index is 1.85. The van der Waals surface area contributed by atoms with Gasteiger partial charge in [0.1, 0.15) is 0 Å². The quantitative estimate of drug-likeness (QED) is 0.674. The summed E-state index contributed by atoms with van der Waals surface area (Å²) in [4.78, 5) is 25.0.